The van der Waals surface area contributed by atoms with Gasteiger partial charge >= 0.3 is 0 Å². The highest BCUT2D eigenvalue weighted by molar-refractivity contribution is 7.91. The smallest absolute Gasteiger partial charge is 0.184 e. The van der Waals surface area contributed by atoms with Crippen molar-refractivity contribution < 1.29 is 8.42 Å². The molecule has 7 heteroatoms. The number of sulfone groups is 1. The van der Waals surface area contributed by atoms with Crippen molar-refractivity contribution in [3.8, 4) is 0 Å². The molecular formula is C11H19N3O2S2. The molecule has 1 aromatic rings. The van der Waals surface area contributed by atoms with Crippen molar-refractivity contribution in [3.05, 3.63) is 0 Å². The molecule has 2 unspecified atom stereocenters. The summed E-state index contributed by atoms with van der Waals surface area (Å²) in [6.07, 6.45) is 3.33. The number of aromatic nitrogens is 1. The molecule has 0 saturated heterocycles. The van der Waals surface area contributed by atoms with E-state index in [1.54, 1.807) is 6.92 Å². The van der Waals surface area contributed by atoms with Crippen LogP contribution in [0.15, 0.2) is 4.90 Å². The molecule has 2 atom stereocenters. The minimum absolute atomic E-state index is 0.0470. The number of hydrogen-bond donors (Lipinski definition) is 2. The first-order valence-corrected chi connectivity index (χ1v) is 8.61. The molecule has 0 radical (unpaired) electrons. The number of nitrogen functional groups attached to an aromatic ring is 1. The Bertz CT molecular complexity index is 524. The Morgan fingerprint density at radius 2 is 2.22 bits per heavy atom. The van der Waals surface area contributed by atoms with Crippen molar-refractivity contribution in [2.24, 2.45) is 5.92 Å². The zero-order chi connectivity index (χ0) is 13.3. The van der Waals surface area contributed by atoms with Crippen LogP contribution in [0.3, 0.4) is 0 Å². The molecule has 1 saturated carbocycles. The standard InChI is InChI=1S/C11H19N3O2S2/c1-3-18(15,16)9-10(12)14-17-11(9)13-8-5-4-7(2)6-8/h7-8,13H,3-6H2,1-2H3,(H2,12,14). The molecule has 0 bridgehead atoms. The van der Waals surface area contributed by atoms with Gasteiger partial charge in [-0.05, 0) is 36.7 Å². The number of nitrogens with two attached hydrogens (primary N) is 1. The molecule has 0 aromatic carbocycles. The second-order valence-corrected chi connectivity index (χ2v) is 7.88. The van der Waals surface area contributed by atoms with E-state index < -0.39 is 9.84 Å². The third kappa shape index (κ3) is 2.61. The third-order valence-electron chi connectivity index (χ3n) is 3.40. The Balaban J connectivity index is 2.24. The van der Waals surface area contributed by atoms with E-state index >= 15 is 0 Å². The molecule has 0 amide bonds. The van der Waals surface area contributed by atoms with E-state index in [1.807, 2.05) is 0 Å². The maximum Gasteiger partial charge on any atom is 0.184 e. The average molecular weight is 289 g/mol. The van der Waals surface area contributed by atoms with Crippen LogP contribution in [-0.2, 0) is 9.84 Å². The minimum atomic E-state index is -3.31. The van der Waals surface area contributed by atoms with Crippen molar-refractivity contribution in [1.29, 1.82) is 0 Å². The maximum atomic E-state index is 12.0. The van der Waals surface area contributed by atoms with Gasteiger partial charge in [-0.1, -0.05) is 13.8 Å². The summed E-state index contributed by atoms with van der Waals surface area (Å²) in [5.74, 6) is 0.861. The van der Waals surface area contributed by atoms with E-state index in [0.29, 0.717) is 17.0 Å². The number of hydrogen-bond acceptors (Lipinski definition) is 6. The molecule has 5 nitrogen and oxygen atoms in total. The Morgan fingerprint density at radius 3 is 2.78 bits per heavy atom. The van der Waals surface area contributed by atoms with Gasteiger partial charge < -0.3 is 11.1 Å². The lowest BCUT2D eigenvalue weighted by atomic mass is 10.1. The van der Waals surface area contributed by atoms with Crippen LogP contribution >= 0.6 is 11.5 Å². The third-order valence-corrected chi connectivity index (χ3v) is 6.11. The van der Waals surface area contributed by atoms with Gasteiger partial charge in [-0.3, -0.25) is 0 Å². The summed E-state index contributed by atoms with van der Waals surface area (Å²) in [4.78, 5) is 0.189. The molecule has 18 heavy (non-hydrogen) atoms. The van der Waals surface area contributed by atoms with Gasteiger partial charge in [0.25, 0.3) is 0 Å². The summed E-state index contributed by atoms with van der Waals surface area (Å²) in [5.41, 5.74) is 5.68. The fraction of sp³-hybridized carbons (Fsp3) is 0.727. The van der Waals surface area contributed by atoms with Crippen LogP contribution in [0, 0.1) is 5.92 Å². The van der Waals surface area contributed by atoms with E-state index in [2.05, 4.69) is 16.6 Å². The predicted octanol–water partition coefficient (Wildman–Crippen LogP) is 2.12. The van der Waals surface area contributed by atoms with Crippen LogP contribution in [0.25, 0.3) is 0 Å². The largest absolute Gasteiger partial charge is 0.382 e. The molecule has 2 rings (SSSR count). The van der Waals surface area contributed by atoms with Gasteiger partial charge in [-0.2, -0.15) is 4.37 Å². The fourth-order valence-electron chi connectivity index (χ4n) is 2.35. The van der Waals surface area contributed by atoms with Gasteiger partial charge in [0, 0.05) is 6.04 Å². The van der Waals surface area contributed by atoms with Crippen molar-refractivity contribution in [3.63, 3.8) is 0 Å². The monoisotopic (exact) mass is 289 g/mol. The van der Waals surface area contributed by atoms with Crippen LogP contribution in [-0.4, -0.2) is 24.6 Å². The zero-order valence-electron chi connectivity index (χ0n) is 10.6. The van der Waals surface area contributed by atoms with E-state index in [1.165, 1.54) is 6.42 Å². The van der Waals surface area contributed by atoms with E-state index in [4.69, 9.17) is 5.73 Å². The van der Waals surface area contributed by atoms with Crippen molar-refractivity contribution in [2.75, 3.05) is 16.8 Å². The van der Waals surface area contributed by atoms with Gasteiger partial charge in [0.2, 0.25) is 0 Å². The molecular weight excluding hydrogens is 270 g/mol. The highest BCUT2D eigenvalue weighted by Gasteiger charge is 2.27. The SMILES string of the molecule is CCS(=O)(=O)c1c(N)nsc1NC1CCC(C)C1. The zero-order valence-corrected chi connectivity index (χ0v) is 12.3. The lowest BCUT2D eigenvalue weighted by Gasteiger charge is -2.13. The summed E-state index contributed by atoms with van der Waals surface area (Å²) < 4.78 is 27.9. The highest BCUT2D eigenvalue weighted by atomic mass is 32.2. The number of anilines is 2. The Morgan fingerprint density at radius 1 is 1.50 bits per heavy atom. The van der Waals surface area contributed by atoms with Crippen LogP contribution in [0.2, 0.25) is 0 Å². The van der Waals surface area contributed by atoms with Crippen molar-refractivity contribution in [2.45, 2.75) is 44.0 Å². The van der Waals surface area contributed by atoms with Gasteiger partial charge in [-0.25, -0.2) is 8.42 Å². The van der Waals surface area contributed by atoms with Crippen LogP contribution in [0.1, 0.15) is 33.1 Å². The van der Waals surface area contributed by atoms with Crippen molar-refractivity contribution >= 4 is 32.2 Å². The number of nitrogens with one attached hydrogen (secondary N) is 1. The minimum Gasteiger partial charge on any atom is -0.382 e. The molecule has 1 aliphatic rings. The van der Waals surface area contributed by atoms with Crippen LogP contribution in [0.5, 0.6) is 0 Å². The highest BCUT2D eigenvalue weighted by Crippen LogP contribution is 2.35. The van der Waals surface area contributed by atoms with Gasteiger partial charge in [0.05, 0.1) is 5.75 Å². The molecule has 0 spiro atoms. The summed E-state index contributed by atoms with van der Waals surface area (Å²) in [6.45, 7) is 3.83. The average Bonchev–Trinajstić information content (AvgIpc) is 2.86. The first kappa shape index (κ1) is 13.6. The molecule has 1 aliphatic carbocycles. The van der Waals surface area contributed by atoms with Crippen molar-refractivity contribution in [1.82, 2.24) is 4.37 Å². The lowest BCUT2D eigenvalue weighted by molar-refractivity contribution is 0.597. The molecule has 3 N–H and O–H groups in total. The van der Waals surface area contributed by atoms with Crippen LogP contribution < -0.4 is 11.1 Å². The number of nitrogens with zero attached hydrogens (tertiary/aromatic N) is 1. The summed E-state index contributed by atoms with van der Waals surface area (Å²) >= 11 is 1.14. The fourth-order valence-corrected chi connectivity index (χ4v) is 4.59. The normalized spacial score (nSPS) is 24.3. The number of rotatable bonds is 4. The lowest BCUT2D eigenvalue weighted by Crippen LogP contribution is -2.17. The summed E-state index contributed by atoms with van der Waals surface area (Å²) in [5, 5.41) is 3.90. The van der Waals surface area contributed by atoms with Crippen LogP contribution in [0.4, 0.5) is 10.8 Å². The predicted molar refractivity (Wildman–Crippen MR) is 74.7 cm³/mol. The van der Waals surface area contributed by atoms with Gasteiger partial charge in [0.1, 0.15) is 9.90 Å². The molecule has 102 valence electrons. The summed E-state index contributed by atoms with van der Waals surface area (Å²) in [6, 6.07) is 0.339. The van der Waals surface area contributed by atoms with E-state index in [-0.39, 0.29) is 16.5 Å². The van der Waals surface area contributed by atoms with Gasteiger partial charge in [-0.15, -0.1) is 0 Å². The Kier molecular flexibility index (Phi) is 3.82. The maximum absolute atomic E-state index is 12.0. The second kappa shape index (κ2) is 5.05. The molecule has 1 heterocycles. The molecule has 1 aromatic heterocycles. The topological polar surface area (TPSA) is 85.1 Å². The quantitative estimate of drug-likeness (QED) is 0.887. The van der Waals surface area contributed by atoms with E-state index in [9.17, 15) is 8.42 Å². The Labute approximate surface area is 112 Å². The first-order valence-electron chi connectivity index (χ1n) is 6.18. The Hall–Kier alpha value is -0.820. The van der Waals surface area contributed by atoms with Gasteiger partial charge in [0.15, 0.2) is 15.7 Å². The first-order chi connectivity index (χ1) is 8.44. The molecule has 0 aliphatic heterocycles. The summed E-state index contributed by atoms with van der Waals surface area (Å²) in [7, 11) is -3.31. The second-order valence-electron chi connectivity index (χ2n) is 4.89. The van der Waals surface area contributed by atoms with E-state index in [0.717, 1.165) is 24.4 Å². The molecule has 1 fully saturated rings.